The summed E-state index contributed by atoms with van der Waals surface area (Å²) in [5, 5.41) is 12.1. The molecule has 1 aromatic heterocycles. The summed E-state index contributed by atoms with van der Waals surface area (Å²) in [5.74, 6) is 0.792. The van der Waals surface area contributed by atoms with E-state index in [0.717, 1.165) is 35.6 Å². The largest absolute Gasteiger partial charge is 0.374 e. The van der Waals surface area contributed by atoms with E-state index in [4.69, 9.17) is 10.00 Å². The summed E-state index contributed by atoms with van der Waals surface area (Å²) in [5.41, 5.74) is 3.65. The third-order valence-electron chi connectivity index (χ3n) is 3.58. The molecule has 3 rings (SSSR count). The Bertz CT molecular complexity index is 674. The fourth-order valence-corrected chi connectivity index (χ4v) is 2.61. The van der Waals surface area contributed by atoms with Gasteiger partial charge in [-0.3, -0.25) is 0 Å². The number of rotatable bonds is 4. The van der Waals surface area contributed by atoms with Crippen LogP contribution in [0, 0.1) is 11.3 Å². The quantitative estimate of drug-likeness (QED) is 0.931. The van der Waals surface area contributed by atoms with E-state index in [9.17, 15) is 0 Å². The molecule has 1 N–H and O–H groups in total. The van der Waals surface area contributed by atoms with Crippen LogP contribution in [0.25, 0.3) is 0 Å². The predicted octanol–water partition coefficient (Wildman–Crippen LogP) is 3.12. The minimum Gasteiger partial charge on any atom is -0.374 e. The molecule has 0 fully saturated rings. The summed E-state index contributed by atoms with van der Waals surface area (Å²) in [6.07, 6.45) is 3.51. The number of aromatic nitrogens is 2. The van der Waals surface area contributed by atoms with E-state index in [1.165, 1.54) is 0 Å². The molecule has 5 heteroatoms. The van der Waals surface area contributed by atoms with E-state index >= 15 is 0 Å². The standard InChI is InChI=1S/C16H16N4O/c1-2-21-14-8-7-13-15(14)16(19-10-18-13)20-12-5-3-11(9-17)4-6-12/h3-6,10,14H,2,7-8H2,1H3,(H,18,19,20). The average molecular weight is 280 g/mol. The smallest absolute Gasteiger partial charge is 0.139 e. The Morgan fingerprint density at radius 3 is 2.86 bits per heavy atom. The molecule has 1 atom stereocenters. The molecular formula is C16H16N4O. The van der Waals surface area contributed by atoms with Gasteiger partial charge in [0.05, 0.1) is 23.4 Å². The molecule has 1 aromatic carbocycles. The van der Waals surface area contributed by atoms with Gasteiger partial charge in [0.2, 0.25) is 0 Å². The number of fused-ring (bicyclic) bond motifs is 1. The van der Waals surface area contributed by atoms with E-state index in [1.807, 2.05) is 19.1 Å². The van der Waals surface area contributed by atoms with Gasteiger partial charge in [0.1, 0.15) is 12.1 Å². The van der Waals surface area contributed by atoms with Gasteiger partial charge in [-0.15, -0.1) is 0 Å². The van der Waals surface area contributed by atoms with Crippen LogP contribution in [0.2, 0.25) is 0 Å². The molecule has 0 aliphatic heterocycles. The van der Waals surface area contributed by atoms with Crippen LogP contribution in [0.4, 0.5) is 11.5 Å². The first-order valence-electron chi connectivity index (χ1n) is 7.04. The molecule has 5 nitrogen and oxygen atoms in total. The van der Waals surface area contributed by atoms with Crippen LogP contribution in [0.5, 0.6) is 0 Å². The molecule has 1 unspecified atom stereocenters. The monoisotopic (exact) mass is 280 g/mol. The van der Waals surface area contributed by atoms with Crippen molar-refractivity contribution in [1.29, 1.82) is 5.26 Å². The number of nitriles is 1. The van der Waals surface area contributed by atoms with E-state index in [1.54, 1.807) is 18.5 Å². The summed E-state index contributed by atoms with van der Waals surface area (Å²) in [7, 11) is 0. The highest BCUT2D eigenvalue weighted by Crippen LogP contribution is 2.37. The summed E-state index contributed by atoms with van der Waals surface area (Å²) in [6.45, 7) is 2.67. The van der Waals surface area contributed by atoms with Crippen molar-refractivity contribution in [1.82, 2.24) is 9.97 Å². The summed E-state index contributed by atoms with van der Waals surface area (Å²) < 4.78 is 5.78. The van der Waals surface area contributed by atoms with Gasteiger partial charge >= 0.3 is 0 Å². The Morgan fingerprint density at radius 2 is 2.14 bits per heavy atom. The Morgan fingerprint density at radius 1 is 1.33 bits per heavy atom. The molecule has 0 spiro atoms. The number of nitrogens with zero attached hydrogens (tertiary/aromatic N) is 3. The molecule has 0 amide bonds. The number of hydrogen-bond acceptors (Lipinski definition) is 5. The van der Waals surface area contributed by atoms with Crippen LogP contribution in [0.1, 0.15) is 36.3 Å². The summed E-state index contributed by atoms with van der Waals surface area (Å²) in [6, 6.07) is 9.42. The van der Waals surface area contributed by atoms with Gasteiger partial charge in [-0.25, -0.2) is 9.97 Å². The first kappa shape index (κ1) is 13.5. The molecule has 0 saturated carbocycles. The molecule has 0 bridgehead atoms. The van der Waals surface area contributed by atoms with Gasteiger partial charge in [-0.2, -0.15) is 5.26 Å². The van der Waals surface area contributed by atoms with Crippen molar-refractivity contribution in [2.75, 3.05) is 11.9 Å². The second-order valence-corrected chi connectivity index (χ2v) is 4.88. The van der Waals surface area contributed by atoms with Crippen molar-refractivity contribution in [2.45, 2.75) is 25.9 Å². The third-order valence-corrected chi connectivity index (χ3v) is 3.58. The maximum Gasteiger partial charge on any atom is 0.139 e. The lowest BCUT2D eigenvalue weighted by Gasteiger charge is -2.15. The number of benzene rings is 1. The average Bonchev–Trinajstić information content (AvgIpc) is 2.93. The van der Waals surface area contributed by atoms with Crippen LogP contribution in [-0.2, 0) is 11.2 Å². The maximum atomic E-state index is 8.83. The highest BCUT2D eigenvalue weighted by atomic mass is 16.5. The lowest BCUT2D eigenvalue weighted by Crippen LogP contribution is -2.06. The zero-order valence-electron chi connectivity index (χ0n) is 11.8. The van der Waals surface area contributed by atoms with Crippen molar-refractivity contribution >= 4 is 11.5 Å². The molecule has 2 aromatic rings. The van der Waals surface area contributed by atoms with Crippen molar-refractivity contribution in [3.05, 3.63) is 47.4 Å². The SMILES string of the molecule is CCOC1CCc2ncnc(Nc3ccc(C#N)cc3)c21. The van der Waals surface area contributed by atoms with Gasteiger partial charge < -0.3 is 10.1 Å². The Labute approximate surface area is 123 Å². The topological polar surface area (TPSA) is 70.8 Å². The van der Waals surface area contributed by atoms with Crippen molar-refractivity contribution in [3.8, 4) is 6.07 Å². The Hall–Kier alpha value is -2.45. The predicted molar refractivity (Wildman–Crippen MR) is 79.2 cm³/mol. The fraction of sp³-hybridized carbons (Fsp3) is 0.312. The van der Waals surface area contributed by atoms with Gasteiger partial charge in [-0.1, -0.05) is 0 Å². The first-order chi connectivity index (χ1) is 10.3. The third kappa shape index (κ3) is 2.71. The molecular weight excluding hydrogens is 264 g/mol. The highest BCUT2D eigenvalue weighted by molar-refractivity contribution is 5.62. The molecule has 1 aliphatic carbocycles. The zero-order valence-corrected chi connectivity index (χ0v) is 11.8. The highest BCUT2D eigenvalue weighted by Gasteiger charge is 2.28. The van der Waals surface area contributed by atoms with Gasteiger partial charge in [0, 0.05) is 17.9 Å². The van der Waals surface area contributed by atoms with Crippen LogP contribution in [0.15, 0.2) is 30.6 Å². The molecule has 106 valence electrons. The second-order valence-electron chi connectivity index (χ2n) is 4.88. The molecule has 0 radical (unpaired) electrons. The van der Waals surface area contributed by atoms with E-state index in [-0.39, 0.29) is 6.10 Å². The van der Waals surface area contributed by atoms with Crippen molar-refractivity contribution < 1.29 is 4.74 Å². The van der Waals surface area contributed by atoms with E-state index in [2.05, 4.69) is 21.4 Å². The molecule has 1 aliphatic rings. The number of nitrogens with one attached hydrogen (secondary N) is 1. The lowest BCUT2D eigenvalue weighted by molar-refractivity contribution is 0.0643. The van der Waals surface area contributed by atoms with E-state index < -0.39 is 0 Å². The Kier molecular flexibility index (Phi) is 3.80. The second kappa shape index (κ2) is 5.90. The zero-order chi connectivity index (χ0) is 14.7. The normalized spacial score (nSPS) is 16.3. The van der Waals surface area contributed by atoms with Gasteiger partial charge in [-0.05, 0) is 44.0 Å². The van der Waals surface area contributed by atoms with Crippen LogP contribution >= 0.6 is 0 Å². The molecule has 1 heterocycles. The first-order valence-corrected chi connectivity index (χ1v) is 7.04. The van der Waals surface area contributed by atoms with E-state index in [0.29, 0.717) is 12.2 Å². The number of anilines is 2. The molecule has 21 heavy (non-hydrogen) atoms. The number of hydrogen-bond donors (Lipinski definition) is 1. The number of ether oxygens (including phenoxy) is 1. The number of aryl methyl sites for hydroxylation is 1. The lowest BCUT2D eigenvalue weighted by atomic mass is 10.2. The van der Waals surface area contributed by atoms with Gasteiger partial charge in [0.25, 0.3) is 0 Å². The molecule has 0 saturated heterocycles. The van der Waals surface area contributed by atoms with Crippen LogP contribution in [0.3, 0.4) is 0 Å². The van der Waals surface area contributed by atoms with Gasteiger partial charge in [0.15, 0.2) is 0 Å². The fourth-order valence-electron chi connectivity index (χ4n) is 2.61. The minimum absolute atomic E-state index is 0.0621. The van der Waals surface area contributed by atoms with Crippen LogP contribution in [-0.4, -0.2) is 16.6 Å². The van der Waals surface area contributed by atoms with Crippen LogP contribution < -0.4 is 5.32 Å². The summed E-state index contributed by atoms with van der Waals surface area (Å²) >= 11 is 0. The van der Waals surface area contributed by atoms with Crippen molar-refractivity contribution in [3.63, 3.8) is 0 Å². The summed E-state index contributed by atoms with van der Waals surface area (Å²) in [4.78, 5) is 8.70. The maximum absolute atomic E-state index is 8.83. The minimum atomic E-state index is 0.0621. The van der Waals surface area contributed by atoms with Crippen molar-refractivity contribution in [2.24, 2.45) is 0 Å². The Balaban J connectivity index is 1.89.